The first-order chi connectivity index (χ1) is 28.1. The van der Waals surface area contributed by atoms with Crippen LogP contribution in [-0.4, -0.2) is 130 Å². The molecule has 4 rings (SSSR count). The summed E-state index contributed by atoms with van der Waals surface area (Å²) in [6, 6.07) is 10.4. The Bertz CT molecular complexity index is 1970. The molecule has 2 atom stereocenters. The van der Waals surface area contributed by atoms with Gasteiger partial charge in [-0.25, -0.2) is 9.97 Å². The van der Waals surface area contributed by atoms with Crippen molar-refractivity contribution >= 4 is 68.2 Å². The SMILES string of the molecule is CC(CO)Cc1nnc(-c2cccc(Cl)c2Cl)c(N)n1.COCCOCCOCC(C)Cc1nnc(-c2cccc(Cl)c2Cl)c(N)n1.COCCOCCOS(C)(=O)=O.[H-].[Na+]. The standard InChI is InChI=1S/C18H24Cl2N4O3.C13H14Cl2N4O.C6H14O5S.Na.H/c1-12(11-27-9-8-26-7-6-25-2)10-15-22-18(21)17(24-23-15)13-4-3-5-14(19)16(13)20;1-7(6-20)5-10-17-13(16)12(19-18-10)8-3-2-4-9(14)11(8)15;1-9-3-4-10-5-6-11-12(2,7)8;;/h3-5,12H,6-11H2,1-2H3,(H2,21,22,23);2-4,7,20H,5-6H2,1H3,(H2,16,17,18);3-6H2,1-2H3;;/q;;;+1;-1. The number of methoxy groups -OCH3 is 2. The number of nitrogen functional groups attached to an aromatic ring is 2. The predicted molar refractivity (Wildman–Crippen MR) is 230 cm³/mol. The van der Waals surface area contributed by atoms with Gasteiger partial charge < -0.3 is 41.7 Å². The molecule has 0 aliphatic carbocycles. The average Bonchev–Trinajstić information content (AvgIpc) is 3.18. The van der Waals surface area contributed by atoms with Crippen LogP contribution in [0.5, 0.6) is 0 Å². The van der Waals surface area contributed by atoms with Crippen molar-refractivity contribution in [2.45, 2.75) is 26.7 Å². The van der Waals surface area contributed by atoms with Crippen LogP contribution < -0.4 is 41.0 Å². The predicted octanol–water partition coefficient (Wildman–Crippen LogP) is 2.63. The fourth-order valence-electron chi connectivity index (χ4n) is 4.56. The number of aliphatic hydroxyl groups is 1. The molecular weight excluding hydrogens is 897 g/mol. The van der Waals surface area contributed by atoms with E-state index in [0.29, 0.717) is 113 Å². The summed E-state index contributed by atoms with van der Waals surface area (Å²) in [4.78, 5) is 8.55. The molecule has 4 aromatic rings. The zero-order valence-electron chi connectivity index (χ0n) is 35.6. The number of hydrogen-bond donors (Lipinski definition) is 3. The summed E-state index contributed by atoms with van der Waals surface area (Å²) < 4.78 is 50.7. The molecule has 5 N–H and O–H groups in total. The van der Waals surface area contributed by atoms with E-state index in [4.69, 9.17) is 86.7 Å². The first-order valence-electron chi connectivity index (χ1n) is 18.1. The third kappa shape index (κ3) is 21.8. The number of ether oxygens (including phenoxy) is 5. The van der Waals surface area contributed by atoms with Gasteiger partial charge in [0.1, 0.15) is 11.4 Å². The monoisotopic (exact) mass is 948 g/mol. The Balaban J connectivity index is 0.000000936. The van der Waals surface area contributed by atoms with Crippen LogP contribution >= 0.6 is 46.4 Å². The van der Waals surface area contributed by atoms with Gasteiger partial charge in [-0.15, -0.1) is 20.4 Å². The molecule has 60 heavy (non-hydrogen) atoms. The molecule has 0 spiro atoms. The van der Waals surface area contributed by atoms with E-state index in [1.165, 1.54) is 0 Å². The van der Waals surface area contributed by atoms with Crippen LogP contribution in [0.15, 0.2) is 36.4 Å². The van der Waals surface area contributed by atoms with E-state index in [9.17, 15) is 8.42 Å². The van der Waals surface area contributed by atoms with Crippen LogP contribution in [0.3, 0.4) is 0 Å². The number of nitrogens with zero attached hydrogens (tertiary/aromatic N) is 6. The Hall–Kier alpha value is -2.11. The molecule has 0 aliphatic rings. The van der Waals surface area contributed by atoms with Crippen LogP contribution in [0.1, 0.15) is 26.9 Å². The molecule has 0 bridgehead atoms. The van der Waals surface area contributed by atoms with Crippen LogP contribution in [-0.2, 0) is 50.8 Å². The molecule has 330 valence electrons. The van der Waals surface area contributed by atoms with Crippen molar-refractivity contribution < 1.29 is 72.4 Å². The topological polar surface area (TPSA) is 239 Å². The molecule has 0 aliphatic heterocycles. The van der Waals surface area contributed by atoms with Crippen molar-refractivity contribution in [3.05, 3.63) is 68.1 Å². The van der Waals surface area contributed by atoms with E-state index in [0.717, 1.165) is 6.26 Å². The number of aromatic nitrogens is 6. The molecule has 0 radical (unpaired) electrons. The van der Waals surface area contributed by atoms with Gasteiger partial charge in [-0.05, 0) is 24.0 Å². The molecule has 23 heteroatoms. The number of halogens is 4. The van der Waals surface area contributed by atoms with Crippen molar-refractivity contribution in [1.29, 1.82) is 0 Å². The van der Waals surface area contributed by atoms with E-state index in [1.807, 2.05) is 13.8 Å². The average molecular weight is 951 g/mol. The fraction of sp³-hybridized carbons (Fsp3) is 0.514. The molecular formula is C37H53Cl4N8NaO9S. The van der Waals surface area contributed by atoms with Crippen molar-refractivity contribution in [1.82, 2.24) is 30.4 Å². The smallest absolute Gasteiger partial charge is 1.00 e. The first-order valence-corrected chi connectivity index (χ1v) is 21.5. The number of benzene rings is 2. The Kier molecular flexibility index (Phi) is 28.8. The molecule has 0 saturated heterocycles. The van der Waals surface area contributed by atoms with Gasteiger partial charge in [0.05, 0.1) is 79.2 Å². The zero-order valence-corrected chi connectivity index (χ0v) is 40.4. The Morgan fingerprint density at radius 1 is 0.667 bits per heavy atom. The summed E-state index contributed by atoms with van der Waals surface area (Å²) in [6.07, 6.45) is 2.12. The normalized spacial score (nSPS) is 12.0. The van der Waals surface area contributed by atoms with Crippen LogP contribution in [0.2, 0.25) is 20.1 Å². The van der Waals surface area contributed by atoms with Gasteiger partial charge in [0.25, 0.3) is 10.1 Å². The first kappa shape index (κ1) is 55.9. The van der Waals surface area contributed by atoms with Gasteiger partial charge in [0.2, 0.25) is 0 Å². The van der Waals surface area contributed by atoms with Gasteiger partial charge in [-0.2, -0.15) is 8.42 Å². The number of nitrogens with two attached hydrogens (primary N) is 2. The summed E-state index contributed by atoms with van der Waals surface area (Å²) >= 11 is 24.4. The van der Waals surface area contributed by atoms with E-state index < -0.39 is 10.1 Å². The molecule has 2 aromatic carbocycles. The Labute approximate surface area is 395 Å². The minimum absolute atomic E-state index is 0. The summed E-state index contributed by atoms with van der Waals surface area (Å²) in [5.74, 6) is 1.82. The number of aliphatic hydroxyl groups excluding tert-OH is 1. The summed E-state index contributed by atoms with van der Waals surface area (Å²) in [6.45, 7) is 8.05. The van der Waals surface area contributed by atoms with Gasteiger partial charge >= 0.3 is 29.6 Å². The fourth-order valence-corrected chi connectivity index (χ4v) is 5.71. The quantitative estimate of drug-likeness (QED) is 0.0583. The second kappa shape index (κ2) is 30.9. The third-order valence-electron chi connectivity index (χ3n) is 7.47. The number of rotatable bonds is 22. The van der Waals surface area contributed by atoms with Gasteiger partial charge in [0.15, 0.2) is 23.3 Å². The summed E-state index contributed by atoms with van der Waals surface area (Å²) in [5.41, 5.74) is 14.0. The molecule has 0 amide bonds. The Morgan fingerprint density at radius 3 is 1.50 bits per heavy atom. The molecule has 0 saturated carbocycles. The van der Waals surface area contributed by atoms with Crippen LogP contribution in [0.4, 0.5) is 11.6 Å². The van der Waals surface area contributed by atoms with Crippen LogP contribution in [0, 0.1) is 11.8 Å². The van der Waals surface area contributed by atoms with Gasteiger partial charge in [0, 0.05) is 51.4 Å². The van der Waals surface area contributed by atoms with Crippen molar-refractivity contribution in [3.63, 3.8) is 0 Å². The van der Waals surface area contributed by atoms with E-state index >= 15 is 0 Å². The maximum Gasteiger partial charge on any atom is 1.00 e. The van der Waals surface area contributed by atoms with Crippen molar-refractivity contribution in [3.8, 4) is 22.5 Å². The third-order valence-corrected chi connectivity index (χ3v) is 9.70. The molecule has 2 unspecified atom stereocenters. The molecule has 2 aromatic heterocycles. The maximum atomic E-state index is 10.4. The van der Waals surface area contributed by atoms with E-state index in [1.54, 1.807) is 50.6 Å². The number of hydrogen-bond acceptors (Lipinski definition) is 17. The van der Waals surface area contributed by atoms with E-state index in [2.05, 4.69) is 34.5 Å². The second-order valence-electron chi connectivity index (χ2n) is 12.7. The second-order valence-corrected chi connectivity index (χ2v) is 16.0. The molecule has 0 fully saturated rings. The summed E-state index contributed by atoms with van der Waals surface area (Å²) in [7, 11) is -0.122. The molecule has 2 heterocycles. The zero-order chi connectivity index (χ0) is 43.8. The maximum absolute atomic E-state index is 10.4. The van der Waals surface area contributed by atoms with Gasteiger partial charge in [-0.3, -0.25) is 4.18 Å². The van der Waals surface area contributed by atoms with Crippen molar-refractivity contribution in [2.75, 3.05) is 98.0 Å². The molecule has 17 nitrogen and oxygen atoms in total. The van der Waals surface area contributed by atoms with Gasteiger partial charge in [-0.1, -0.05) is 84.5 Å². The van der Waals surface area contributed by atoms with Crippen molar-refractivity contribution in [2.24, 2.45) is 11.8 Å². The minimum Gasteiger partial charge on any atom is -1.00 e. The van der Waals surface area contributed by atoms with Crippen LogP contribution in [0.25, 0.3) is 22.5 Å². The Morgan fingerprint density at radius 2 is 1.08 bits per heavy atom. The summed E-state index contributed by atoms with van der Waals surface area (Å²) in [5, 5.41) is 27.1. The number of anilines is 2. The van der Waals surface area contributed by atoms with E-state index in [-0.39, 0.29) is 74.3 Å². The largest absolute Gasteiger partial charge is 1.00 e. The minimum atomic E-state index is -3.33.